The van der Waals surface area contributed by atoms with Crippen molar-refractivity contribution in [2.45, 2.75) is 13.5 Å². The SMILES string of the molecule is CC(=O)c1c[nH]c(C(=O)OCC(=O)N(C)Cc2nc3ccccc3s2)c1. The number of Topliss-reactive ketones (excluding diaryl/α,β-unsaturated/α-hetero) is 1. The van der Waals surface area contributed by atoms with Gasteiger partial charge in [-0.05, 0) is 25.1 Å². The molecule has 3 rings (SSSR count). The maximum atomic E-state index is 12.2. The average Bonchev–Trinajstić information content (AvgIpc) is 3.25. The highest BCUT2D eigenvalue weighted by molar-refractivity contribution is 7.18. The van der Waals surface area contributed by atoms with E-state index < -0.39 is 5.97 Å². The summed E-state index contributed by atoms with van der Waals surface area (Å²) < 4.78 is 6.07. The van der Waals surface area contributed by atoms with Gasteiger partial charge in [-0.15, -0.1) is 11.3 Å². The molecule has 0 bridgehead atoms. The van der Waals surface area contributed by atoms with Gasteiger partial charge < -0.3 is 14.6 Å². The summed E-state index contributed by atoms with van der Waals surface area (Å²) in [7, 11) is 1.63. The minimum atomic E-state index is -0.681. The predicted molar refractivity (Wildman–Crippen MR) is 97.2 cm³/mol. The second-order valence-corrected chi connectivity index (χ2v) is 6.87. The van der Waals surface area contributed by atoms with E-state index in [-0.39, 0.29) is 24.0 Å². The van der Waals surface area contributed by atoms with Gasteiger partial charge in [0.1, 0.15) is 10.7 Å². The monoisotopic (exact) mass is 371 g/mol. The number of thiazole rings is 1. The summed E-state index contributed by atoms with van der Waals surface area (Å²) in [4.78, 5) is 43.9. The second-order valence-electron chi connectivity index (χ2n) is 5.76. The first-order valence-corrected chi connectivity index (χ1v) is 8.70. The van der Waals surface area contributed by atoms with Gasteiger partial charge >= 0.3 is 5.97 Å². The van der Waals surface area contributed by atoms with Gasteiger partial charge in [-0.25, -0.2) is 9.78 Å². The van der Waals surface area contributed by atoms with Crippen LogP contribution in [0.25, 0.3) is 10.2 Å². The zero-order chi connectivity index (χ0) is 18.7. The minimum Gasteiger partial charge on any atom is -0.451 e. The van der Waals surface area contributed by atoms with Crippen molar-refractivity contribution in [1.29, 1.82) is 0 Å². The van der Waals surface area contributed by atoms with E-state index in [0.717, 1.165) is 15.2 Å². The van der Waals surface area contributed by atoms with E-state index in [9.17, 15) is 14.4 Å². The molecule has 0 saturated carbocycles. The number of H-pyrrole nitrogens is 1. The number of ketones is 1. The molecule has 0 atom stereocenters. The fourth-order valence-corrected chi connectivity index (χ4v) is 3.33. The number of esters is 1. The Labute approximate surface area is 153 Å². The highest BCUT2D eigenvalue weighted by Gasteiger charge is 2.17. The molecule has 0 unspecified atom stereocenters. The van der Waals surface area contributed by atoms with Crippen molar-refractivity contribution < 1.29 is 19.1 Å². The number of nitrogens with one attached hydrogen (secondary N) is 1. The fourth-order valence-electron chi connectivity index (χ4n) is 2.31. The van der Waals surface area contributed by atoms with Crippen LogP contribution in [0, 0.1) is 0 Å². The third-order valence-corrected chi connectivity index (χ3v) is 4.79. The third kappa shape index (κ3) is 3.97. The Kier molecular flexibility index (Phi) is 5.13. The van der Waals surface area contributed by atoms with E-state index in [1.54, 1.807) is 7.05 Å². The summed E-state index contributed by atoms with van der Waals surface area (Å²) >= 11 is 1.52. The van der Waals surface area contributed by atoms with Crippen molar-refractivity contribution in [3.63, 3.8) is 0 Å². The lowest BCUT2D eigenvalue weighted by molar-refractivity contribution is -0.133. The van der Waals surface area contributed by atoms with Gasteiger partial charge in [-0.3, -0.25) is 9.59 Å². The van der Waals surface area contributed by atoms with Crippen molar-refractivity contribution in [2.24, 2.45) is 0 Å². The molecule has 0 aliphatic carbocycles. The Balaban J connectivity index is 1.55. The summed E-state index contributed by atoms with van der Waals surface area (Å²) in [5, 5.41) is 0.809. The Morgan fingerprint density at radius 1 is 1.27 bits per heavy atom. The number of benzene rings is 1. The average molecular weight is 371 g/mol. The highest BCUT2D eigenvalue weighted by Crippen LogP contribution is 2.22. The van der Waals surface area contributed by atoms with Crippen LogP contribution in [-0.2, 0) is 16.1 Å². The van der Waals surface area contributed by atoms with Crippen LogP contribution in [0.4, 0.5) is 0 Å². The summed E-state index contributed by atoms with van der Waals surface area (Å²) in [6.07, 6.45) is 1.43. The van der Waals surface area contributed by atoms with E-state index in [0.29, 0.717) is 12.1 Å². The highest BCUT2D eigenvalue weighted by atomic mass is 32.1. The maximum absolute atomic E-state index is 12.2. The number of rotatable bonds is 6. The van der Waals surface area contributed by atoms with Crippen LogP contribution in [0.15, 0.2) is 36.5 Å². The lowest BCUT2D eigenvalue weighted by atomic mass is 10.2. The minimum absolute atomic E-state index is 0.136. The lowest BCUT2D eigenvalue weighted by Gasteiger charge is -2.15. The second kappa shape index (κ2) is 7.49. The van der Waals surface area contributed by atoms with Crippen LogP contribution in [0.5, 0.6) is 0 Å². The molecule has 134 valence electrons. The van der Waals surface area contributed by atoms with Crippen LogP contribution >= 0.6 is 11.3 Å². The molecule has 3 aromatic rings. The normalized spacial score (nSPS) is 10.7. The molecular formula is C18H17N3O4S. The quantitative estimate of drug-likeness (QED) is 0.531. The van der Waals surface area contributed by atoms with E-state index in [1.165, 1.54) is 35.4 Å². The van der Waals surface area contributed by atoms with Crippen molar-refractivity contribution >= 4 is 39.2 Å². The number of hydrogen-bond acceptors (Lipinski definition) is 6. The summed E-state index contributed by atoms with van der Waals surface area (Å²) in [6, 6.07) is 9.16. The maximum Gasteiger partial charge on any atom is 0.355 e. The largest absolute Gasteiger partial charge is 0.451 e. The molecule has 2 heterocycles. The van der Waals surface area contributed by atoms with Crippen molar-refractivity contribution in [2.75, 3.05) is 13.7 Å². The molecule has 1 amide bonds. The molecule has 8 heteroatoms. The number of nitrogens with zero attached hydrogens (tertiary/aromatic N) is 2. The number of likely N-dealkylation sites (N-methyl/N-ethyl adjacent to an activating group) is 1. The molecule has 0 aliphatic heterocycles. The Morgan fingerprint density at radius 3 is 2.73 bits per heavy atom. The van der Waals surface area contributed by atoms with Gasteiger partial charge in [0.05, 0.1) is 16.8 Å². The number of aromatic amines is 1. The summed E-state index contributed by atoms with van der Waals surface area (Å²) in [5.41, 5.74) is 1.42. The van der Waals surface area contributed by atoms with E-state index in [4.69, 9.17) is 4.74 Å². The van der Waals surface area contributed by atoms with E-state index >= 15 is 0 Å². The van der Waals surface area contributed by atoms with Gasteiger partial charge in [0.15, 0.2) is 12.4 Å². The van der Waals surface area contributed by atoms with Crippen molar-refractivity contribution in [3.8, 4) is 0 Å². The Morgan fingerprint density at radius 2 is 2.04 bits per heavy atom. The fraction of sp³-hybridized carbons (Fsp3) is 0.222. The standard InChI is InChI=1S/C18H17N3O4S/c1-11(22)12-7-14(19-8-12)18(24)25-10-17(23)21(2)9-16-20-13-5-3-4-6-15(13)26-16/h3-8,19H,9-10H2,1-2H3. The predicted octanol–water partition coefficient (Wildman–Crippen LogP) is 2.64. The Bertz CT molecular complexity index is 943. The molecule has 0 radical (unpaired) electrons. The molecule has 1 N–H and O–H groups in total. The molecule has 26 heavy (non-hydrogen) atoms. The molecular weight excluding hydrogens is 354 g/mol. The number of amides is 1. The number of fused-ring (bicyclic) bond motifs is 1. The van der Waals surface area contributed by atoms with Gasteiger partial charge in [0, 0.05) is 18.8 Å². The zero-order valence-electron chi connectivity index (χ0n) is 14.3. The first kappa shape index (κ1) is 17.8. The number of aromatic nitrogens is 2. The molecule has 1 aromatic carbocycles. The summed E-state index contributed by atoms with van der Waals surface area (Å²) in [6.45, 7) is 1.36. The number of para-hydroxylation sites is 1. The van der Waals surface area contributed by atoms with Crippen LogP contribution < -0.4 is 0 Å². The first-order chi connectivity index (χ1) is 12.4. The van der Waals surface area contributed by atoms with Crippen LogP contribution in [0.1, 0.15) is 32.8 Å². The molecule has 0 spiro atoms. The first-order valence-electron chi connectivity index (χ1n) is 7.89. The van der Waals surface area contributed by atoms with E-state index in [2.05, 4.69) is 9.97 Å². The number of ether oxygens (including phenoxy) is 1. The number of hydrogen-bond donors (Lipinski definition) is 1. The van der Waals surface area contributed by atoms with Gasteiger partial charge in [-0.1, -0.05) is 12.1 Å². The Hall–Kier alpha value is -3.00. The zero-order valence-corrected chi connectivity index (χ0v) is 15.1. The number of carbonyl (C=O) groups is 3. The van der Waals surface area contributed by atoms with Crippen LogP contribution in [-0.4, -0.2) is 46.2 Å². The lowest BCUT2D eigenvalue weighted by Crippen LogP contribution is -2.30. The van der Waals surface area contributed by atoms with Crippen LogP contribution in [0.3, 0.4) is 0 Å². The smallest absolute Gasteiger partial charge is 0.355 e. The van der Waals surface area contributed by atoms with Crippen LogP contribution in [0.2, 0.25) is 0 Å². The third-order valence-electron chi connectivity index (χ3n) is 3.77. The molecule has 0 saturated heterocycles. The molecule has 7 nitrogen and oxygen atoms in total. The topological polar surface area (TPSA) is 92.4 Å². The summed E-state index contributed by atoms with van der Waals surface area (Å²) in [5.74, 6) is -1.18. The van der Waals surface area contributed by atoms with E-state index in [1.807, 2.05) is 24.3 Å². The van der Waals surface area contributed by atoms with Gasteiger partial charge in [0.25, 0.3) is 5.91 Å². The molecule has 0 fully saturated rings. The molecule has 2 aromatic heterocycles. The molecule has 0 aliphatic rings. The number of carbonyl (C=O) groups excluding carboxylic acids is 3. The van der Waals surface area contributed by atoms with Gasteiger partial charge in [-0.2, -0.15) is 0 Å². The van der Waals surface area contributed by atoms with Crippen molar-refractivity contribution in [3.05, 3.63) is 52.8 Å². The van der Waals surface area contributed by atoms with Crippen molar-refractivity contribution in [1.82, 2.24) is 14.9 Å². The van der Waals surface area contributed by atoms with Gasteiger partial charge in [0.2, 0.25) is 0 Å².